The number of nitrogens with one attached hydrogen (secondary N) is 2. The highest BCUT2D eigenvalue weighted by atomic mass is 16.5. The smallest absolute Gasteiger partial charge is 0.227 e. The Kier molecular flexibility index (Phi) is 4.13. The molecule has 0 saturated carbocycles. The van der Waals surface area contributed by atoms with E-state index in [1.165, 1.54) is 0 Å². The number of imidazole rings is 1. The van der Waals surface area contributed by atoms with E-state index >= 15 is 0 Å². The number of hydrogen-bond acceptors (Lipinski definition) is 3. The lowest BCUT2D eigenvalue weighted by Crippen LogP contribution is -2.28. The Balaban J connectivity index is 1.62. The van der Waals surface area contributed by atoms with Gasteiger partial charge in [-0.15, -0.1) is 0 Å². The van der Waals surface area contributed by atoms with E-state index in [0.29, 0.717) is 6.61 Å². The first kappa shape index (κ1) is 14.6. The number of hydrogen-bond donors (Lipinski definition) is 2. The largest absolute Gasteiger partial charge is 0.494 e. The molecule has 1 aliphatic carbocycles. The van der Waals surface area contributed by atoms with Crippen LogP contribution in [0, 0.1) is 12.8 Å². The number of H-pyrrole nitrogens is 1. The molecule has 1 aliphatic rings. The van der Waals surface area contributed by atoms with Crippen LogP contribution in [0.1, 0.15) is 30.6 Å². The van der Waals surface area contributed by atoms with Crippen molar-refractivity contribution in [1.82, 2.24) is 9.97 Å². The van der Waals surface area contributed by atoms with Gasteiger partial charge < -0.3 is 15.0 Å². The van der Waals surface area contributed by atoms with Gasteiger partial charge >= 0.3 is 0 Å². The lowest BCUT2D eigenvalue weighted by molar-refractivity contribution is -0.120. The number of carbonyl (C=O) groups is 1. The molecule has 0 aliphatic heterocycles. The predicted molar refractivity (Wildman–Crippen MR) is 85.1 cm³/mol. The van der Waals surface area contributed by atoms with E-state index in [9.17, 15) is 4.79 Å². The monoisotopic (exact) mass is 299 g/mol. The normalized spacial score (nSPS) is 16.9. The molecule has 2 N–H and O–H groups in total. The second-order valence-corrected chi connectivity index (χ2v) is 5.63. The van der Waals surface area contributed by atoms with Crippen molar-refractivity contribution in [1.29, 1.82) is 0 Å². The van der Waals surface area contributed by atoms with Crippen LogP contribution in [-0.2, 0) is 17.6 Å². The van der Waals surface area contributed by atoms with Gasteiger partial charge in [0.15, 0.2) is 0 Å². The molecule has 0 saturated heterocycles. The van der Waals surface area contributed by atoms with Crippen LogP contribution in [0.2, 0.25) is 0 Å². The van der Waals surface area contributed by atoms with Crippen molar-refractivity contribution in [3.8, 4) is 5.75 Å². The van der Waals surface area contributed by atoms with Crippen molar-refractivity contribution in [3.63, 3.8) is 0 Å². The summed E-state index contributed by atoms with van der Waals surface area (Å²) < 4.78 is 5.40. The van der Waals surface area contributed by atoms with E-state index in [1.807, 2.05) is 38.1 Å². The summed E-state index contributed by atoms with van der Waals surface area (Å²) in [4.78, 5) is 20.1. The minimum absolute atomic E-state index is 0.00100. The fraction of sp³-hybridized carbons (Fsp3) is 0.412. The molecular formula is C17H21N3O2. The van der Waals surface area contributed by atoms with Gasteiger partial charge in [-0.25, -0.2) is 4.98 Å². The number of carbonyl (C=O) groups excluding carboxylic acids is 1. The molecule has 5 heteroatoms. The Hall–Kier alpha value is -2.30. The lowest BCUT2D eigenvalue weighted by Gasteiger charge is -2.20. The van der Waals surface area contributed by atoms with Crippen molar-refractivity contribution in [2.24, 2.45) is 5.92 Å². The second kappa shape index (κ2) is 6.22. The van der Waals surface area contributed by atoms with Crippen LogP contribution in [0.5, 0.6) is 5.75 Å². The standard InChI is InChI=1S/C17H21N3O2/c1-3-22-14-7-5-13(6-8-14)20-17(21)12-4-9-15-16(10-12)19-11(2)18-15/h5-8,12H,3-4,9-10H2,1-2H3,(H,18,19)(H,20,21). The highest BCUT2D eigenvalue weighted by Gasteiger charge is 2.26. The number of anilines is 1. The third-order valence-electron chi connectivity index (χ3n) is 3.97. The summed E-state index contributed by atoms with van der Waals surface area (Å²) in [6.45, 7) is 4.54. The first-order chi connectivity index (χ1) is 10.7. The maximum Gasteiger partial charge on any atom is 0.227 e. The molecule has 0 radical (unpaired) electrons. The Morgan fingerprint density at radius 1 is 1.41 bits per heavy atom. The lowest BCUT2D eigenvalue weighted by atomic mass is 9.89. The second-order valence-electron chi connectivity index (χ2n) is 5.63. The van der Waals surface area contributed by atoms with Gasteiger partial charge in [0.05, 0.1) is 12.3 Å². The highest BCUT2D eigenvalue weighted by Crippen LogP contribution is 2.25. The van der Waals surface area contributed by atoms with E-state index in [0.717, 1.165) is 47.9 Å². The minimum Gasteiger partial charge on any atom is -0.494 e. The van der Waals surface area contributed by atoms with Gasteiger partial charge in [-0.05, 0) is 51.0 Å². The number of aromatic nitrogens is 2. The van der Waals surface area contributed by atoms with E-state index in [4.69, 9.17) is 4.74 Å². The van der Waals surface area contributed by atoms with E-state index in [2.05, 4.69) is 15.3 Å². The Labute approximate surface area is 130 Å². The van der Waals surface area contributed by atoms with Crippen molar-refractivity contribution in [3.05, 3.63) is 41.5 Å². The first-order valence-electron chi connectivity index (χ1n) is 7.73. The molecule has 1 aromatic heterocycles. The van der Waals surface area contributed by atoms with Gasteiger partial charge in [-0.3, -0.25) is 4.79 Å². The number of aromatic amines is 1. The van der Waals surface area contributed by atoms with Gasteiger partial charge in [-0.2, -0.15) is 0 Å². The quantitative estimate of drug-likeness (QED) is 0.912. The summed E-state index contributed by atoms with van der Waals surface area (Å²) >= 11 is 0. The molecule has 3 rings (SSSR count). The third kappa shape index (κ3) is 3.13. The van der Waals surface area contributed by atoms with Crippen LogP contribution in [0.4, 0.5) is 5.69 Å². The third-order valence-corrected chi connectivity index (χ3v) is 3.97. The zero-order chi connectivity index (χ0) is 15.5. The molecule has 1 heterocycles. The van der Waals surface area contributed by atoms with Crippen molar-refractivity contribution in [2.75, 3.05) is 11.9 Å². The van der Waals surface area contributed by atoms with E-state index in [-0.39, 0.29) is 11.8 Å². The molecule has 116 valence electrons. The number of ether oxygens (including phenoxy) is 1. The summed E-state index contributed by atoms with van der Waals surface area (Å²) in [6, 6.07) is 7.49. The molecule has 1 atom stereocenters. The SMILES string of the molecule is CCOc1ccc(NC(=O)C2CCc3nc(C)[nH]c3C2)cc1. The van der Waals surface area contributed by atoms with Gasteiger partial charge in [0.2, 0.25) is 5.91 Å². The van der Waals surface area contributed by atoms with Gasteiger partial charge in [0.25, 0.3) is 0 Å². The molecule has 5 nitrogen and oxygen atoms in total. The number of aryl methyl sites for hydroxylation is 2. The van der Waals surface area contributed by atoms with Crippen molar-refractivity contribution in [2.45, 2.75) is 33.1 Å². The van der Waals surface area contributed by atoms with Crippen LogP contribution in [0.3, 0.4) is 0 Å². The maximum absolute atomic E-state index is 12.4. The molecule has 1 unspecified atom stereocenters. The minimum atomic E-state index is -0.00100. The fourth-order valence-corrected chi connectivity index (χ4v) is 2.89. The van der Waals surface area contributed by atoms with E-state index < -0.39 is 0 Å². The number of nitrogens with zero attached hydrogens (tertiary/aromatic N) is 1. The number of benzene rings is 1. The summed E-state index contributed by atoms with van der Waals surface area (Å²) in [7, 11) is 0. The van der Waals surface area contributed by atoms with Crippen LogP contribution in [0.25, 0.3) is 0 Å². The molecule has 0 bridgehead atoms. The van der Waals surface area contributed by atoms with Crippen LogP contribution >= 0.6 is 0 Å². The molecule has 0 fully saturated rings. The maximum atomic E-state index is 12.4. The Morgan fingerprint density at radius 2 is 2.18 bits per heavy atom. The van der Waals surface area contributed by atoms with Gasteiger partial charge in [0, 0.05) is 23.7 Å². The molecule has 1 amide bonds. The van der Waals surface area contributed by atoms with Gasteiger partial charge in [0.1, 0.15) is 11.6 Å². The number of fused-ring (bicyclic) bond motifs is 1. The highest BCUT2D eigenvalue weighted by molar-refractivity contribution is 5.92. The van der Waals surface area contributed by atoms with E-state index in [1.54, 1.807) is 0 Å². The zero-order valence-electron chi connectivity index (χ0n) is 13.0. The fourth-order valence-electron chi connectivity index (χ4n) is 2.89. The topological polar surface area (TPSA) is 67.0 Å². The average molecular weight is 299 g/mol. The molecule has 1 aromatic carbocycles. The Bertz CT molecular complexity index is 661. The molecular weight excluding hydrogens is 278 g/mol. The number of rotatable bonds is 4. The Morgan fingerprint density at radius 3 is 2.91 bits per heavy atom. The molecule has 0 spiro atoms. The predicted octanol–water partition coefficient (Wildman–Crippen LogP) is 2.86. The summed E-state index contributed by atoms with van der Waals surface area (Å²) in [5, 5.41) is 2.99. The van der Waals surface area contributed by atoms with Crippen LogP contribution in [-0.4, -0.2) is 22.5 Å². The number of amides is 1. The van der Waals surface area contributed by atoms with Crippen molar-refractivity contribution < 1.29 is 9.53 Å². The summed E-state index contributed by atoms with van der Waals surface area (Å²) in [6.07, 6.45) is 2.44. The van der Waals surface area contributed by atoms with Crippen molar-refractivity contribution >= 4 is 11.6 Å². The molecule has 2 aromatic rings. The summed E-state index contributed by atoms with van der Waals surface area (Å²) in [5.74, 6) is 1.81. The van der Waals surface area contributed by atoms with Crippen LogP contribution in [0.15, 0.2) is 24.3 Å². The first-order valence-corrected chi connectivity index (χ1v) is 7.73. The van der Waals surface area contributed by atoms with Crippen LogP contribution < -0.4 is 10.1 Å². The summed E-state index contributed by atoms with van der Waals surface area (Å²) in [5.41, 5.74) is 3.03. The zero-order valence-corrected chi connectivity index (χ0v) is 13.0. The van der Waals surface area contributed by atoms with Gasteiger partial charge in [-0.1, -0.05) is 0 Å². The average Bonchev–Trinajstić information content (AvgIpc) is 2.88. The molecule has 22 heavy (non-hydrogen) atoms.